The lowest BCUT2D eigenvalue weighted by atomic mass is 10.2. The molecule has 1 aliphatic rings. The van der Waals surface area contributed by atoms with Gasteiger partial charge in [-0.25, -0.2) is 0 Å². The number of nitrogens with zero attached hydrogens (tertiary/aromatic N) is 1. The lowest BCUT2D eigenvalue weighted by molar-refractivity contribution is 0.0967. The van der Waals surface area contributed by atoms with Crippen LogP contribution in [0.2, 0.25) is 0 Å². The quantitative estimate of drug-likeness (QED) is 0.895. The van der Waals surface area contributed by atoms with Gasteiger partial charge in [0.25, 0.3) is 5.91 Å². The summed E-state index contributed by atoms with van der Waals surface area (Å²) < 4.78 is 5.86. The topological polar surface area (TPSA) is 67.6 Å². The number of rotatable bonds is 4. The van der Waals surface area contributed by atoms with Crippen molar-refractivity contribution in [3.63, 3.8) is 0 Å². The third kappa shape index (κ3) is 2.85. The Bertz CT molecular complexity index is 499. The summed E-state index contributed by atoms with van der Waals surface area (Å²) in [4.78, 5) is 14.7. The van der Waals surface area contributed by atoms with Gasteiger partial charge in [0.1, 0.15) is 15.6 Å². The van der Waals surface area contributed by atoms with Crippen LogP contribution in [-0.2, 0) is 0 Å². The summed E-state index contributed by atoms with van der Waals surface area (Å²) in [6, 6.07) is 0. The summed E-state index contributed by atoms with van der Waals surface area (Å²) in [5, 5.41) is 3.62. The molecular formula is C14H23N3O2S. The van der Waals surface area contributed by atoms with Gasteiger partial charge in [0, 0.05) is 20.1 Å². The molecule has 0 radical (unpaired) electrons. The third-order valence-corrected chi connectivity index (χ3v) is 4.63. The highest BCUT2D eigenvalue weighted by atomic mass is 32.1. The minimum Gasteiger partial charge on any atom is -0.486 e. The minimum absolute atomic E-state index is 0.0308. The first-order chi connectivity index (χ1) is 9.43. The molecule has 20 heavy (non-hydrogen) atoms. The summed E-state index contributed by atoms with van der Waals surface area (Å²) in [5.74, 6) is 1.17. The Morgan fingerprint density at radius 3 is 2.75 bits per heavy atom. The van der Waals surface area contributed by atoms with E-state index >= 15 is 0 Å². The minimum atomic E-state index is -0.153. The number of carbonyl (C=O) groups excluding carboxylic acids is 1. The molecule has 2 rings (SSSR count). The van der Waals surface area contributed by atoms with Crippen LogP contribution in [0.1, 0.15) is 36.9 Å². The van der Waals surface area contributed by atoms with Gasteiger partial charge in [-0.1, -0.05) is 6.92 Å². The maximum Gasteiger partial charge on any atom is 0.263 e. The first-order valence-electron chi connectivity index (χ1n) is 7.00. The van der Waals surface area contributed by atoms with E-state index in [-0.39, 0.29) is 12.0 Å². The molecule has 1 amide bonds. The van der Waals surface area contributed by atoms with E-state index in [2.05, 4.69) is 17.1 Å². The molecule has 3 N–H and O–H groups in total. The average molecular weight is 297 g/mol. The van der Waals surface area contributed by atoms with E-state index in [0.717, 1.165) is 24.5 Å². The third-order valence-electron chi connectivity index (χ3n) is 3.38. The average Bonchev–Trinajstić information content (AvgIpc) is 2.94. The zero-order valence-electron chi connectivity index (χ0n) is 12.5. The molecule has 1 unspecified atom stereocenters. The van der Waals surface area contributed by atoms with Crippen molar-refractivity contribution in [2.75, 3.05) is 30.8 Å². The fourth-order valence-electron chi connectivity index (χ4n) is 2.38. The smallest absolute Gasteiger partial charge is 0.263 e. The lowest BCUT2D eigenvalue weighted by Crippen LogP contribution is -2.19. The molecule has 1 aromatic heterocycles. The Kier molecular flexibility index (Phi) is 4.42. The highest BCUT2D eigenvalue weighted by molar-refractivity contribution is 7.19. The van der Waals surface area contributed by atoms with Crippen LogP contribution in [0.4, 0.5) is 10.7 Å². The summed E-state index contributed by atoms with van der Waals surface area (Å²) in [6.07, 6.45) is 1.19. The van der Waals surface area contributed by atoms with Gasteiger partial charge in [-0.05, 0) is 26.2 Å². The molecule has 0 aromatic carbocycles. The van der Waals surface area contributed by atoms with Gasteiger partial charge in [-0.3, -0.25) is 4.79 Å². The van der Waals surface area contributed by atoms with Crippen LogP contribution in [0, 0.1) is 5.92 Å². The molecule has 6 heteroatoms. The maximum absolute atomic E-state index is 11.9. The van der Waals surface area contributed by atoms with E-state index in [1.54, 1.807) is 7.05 Å². The second kappa shape index (κ2) is 5.91. The van der Waals surface area contributed by atoms with Crippen molar-refractivity contribution in [1.82, 2.24) is 5.32 Å². The number of anilines is 2. The highest BCUT2D eigenvalue weighted by Crippen LogP contribution is 2.46. The molecule has 1 aromatic rings. The van der Waals surface area contributed by atoms with Gasteiger partial charge in [0.15, 0.2) is 5.75 Å². The van der Waals surface area contributed by atoms with E-state index in [1.807, 2.05) is 13.8 Å². The number of hydrogen-bond acceptors (Lipinski definition) is 5. The summed E-state index contributed by atoms with van der Waals surface area (Å²) in [6.45, 7) is 8.14. The van der Waals surface area contributed by atoms with E-state index in [0.29, 0.717) is 22.2 Å². The van der Waals surface area contributed by atoms with E-state index in [4.69, 9.17) is 10.5 Å². The van der Waals surface area contributed by atoms with Gasteiger partial charge >= 0.3 is 0 Å². The van der Waals surface area contributed by atoms with Crippen LogP contribution in [0.3, 0.4) is 0 Å². The molecule has 1 saturated heterocycles. The highest BCUT2D eigenvalue weighted by Gasteiger charge is 2.29. The summed E-state index contributed by atoms with van der Waals surface area (Å²) in [7, 11) is 1.61. The predicted octanol–water partition coefficient (Wildman–Crippen LogP) is 2.32. The Morgan fingerprint density at radius 2 is 2.25 bits per heavy atom. The van der Waals surface area contributed by atoms with Crippen molar-refractivity contribution in [2.24, 2.45) is 5.92 Å². The SMILES string of the molecule is CNC(=O)c1sc(N2CCC(C)C2)c(OC(C)C)c1N. The number of carbonyl (C=O) groups is 1. The fourth-order valence-corrected chi connectivity index (χ4v) is 3.51. The zero-order valence-corrected chi connectivity index (χ0v) is 13.3. The van der Waals surface area contributed by atoms with E-state index in [9.17, 15) is 4.79 Å². The Labute approximate surface area is 124 Å². The van der Waals surface area contributed by atoms with Crippen molar-refractivity contribution < 1.29 is 9.53 Å². The Balaban J connectivity index is 2.40. The molecule has 112 valence electrons. The molecular weight excluding hydrogens is 274 g/mol. The van der Waals surface area contributed by atoms with E-state index in [1.165, 1.54) is 11.3 Å². The van der Waals surface area contributed by atoms with Crippen molar-refractivity contribution >= 4 is 27.9 Å². The Morgan fingerprint density at radius 1 is 1.55 bits per heavy atom. The van der Waals surface area contributed by atoms with Gasteiger partial charge in [-0.2, -0.15) is 0 Å². The fraction of sp³-hybridized carbons (Fsp3) is 0.643. The largest absolute Gasteiger partial charge is 0.486 e. The standard InChI is InChI=1S/C14H23N3O2S/c1-8(2)19-11-10(15)12(13(18)16-4)20-14(11)17-6-5-9(3)7-17/h8-9H,5-7,15H2,1-4H3,(H,16,18). The zero-order chi connectivity index (χ0) is 14.9. The second-order valence-electron chi connectivity index (χ2n) is 5.56. The summed E-state index contributed by atoms with van der Waals surface area (Å²) >= 11 is 1.42. The number of nitrogen functional groups attached to an aromatic ring is 1. The Hall–Kier alpha value is -1.43. The van der Waals surface area contributed by atoms with Crippen molar-refractivity contribution in [3.8, 4) is 5.75 Å². The number of nitrogens with one attached hydrogen (secondary N) is 1. The molecule has 1 fully saturated rings. The van der Waals surface area contributed by atoms with Crippen LogP contribution in [-0.4, -0.2) is 32.1 Å². The van der Waals surface area contributed by atoms with Crippen molar-refractivity contribution in [1.29, 1.82) is 0 Å². The number of thiophene rings is 1. The van der Waals surface area contributed by atoms with Crippen LogP contribution >= 0.6 is 11.3 Å². The monoisotopic (exact) mass is 297 g/mol. The molecule has 5 nitrogen and oxygen atoms in total. The summed E-state index contributed by atoms with van der Waals surface area (Å²) in [5.41, 5.74) is 6.59. The van der Waals surface area contributed by atoms with Crippen LogP contribution in [0.5, 0.6) is 5.75 Å². The lowest BCUT2D eigenvalue weighted by Gasteiger charge is -2.19. The van der Waals surface area contributed by atoms with Gasteiger partial charge < -0.3 is 20.7 Å². The molecule has 2 heterocycles. The predicted molar refractivity (Wildman–Crippen MR) is 83.9 cm³/mol. The number of ether oxygens (including phenoxy) is 1. The molecule has 0 bridgehead atoms. The van der Waals surface area contributed by atoms with Crippen molar-refractivity contribution in [2.45, 2.75) is 33.3 Å². The molecule has 0 spiro atoms. The normalized spacial score (nSPS) is 18.6. The first-order valence-corrected chi connectivity index (χ1v) is 7.81. The van der Waals surface area contributed by atoms with Crippen LogP contribution < -0.4 is 20.7 Å². The molecule has 1 aliphatic heterocycles. The number of nitrogens with two attached hydrogens (primary N) is 1. The van der Waals surface area contributed by atoms with Crippen LogP contribution in [0.25, 0.3) is 0 Å². The molecule has 1 atom stereocenters. The van der Waals surface area contributed by atoms with Crippen LogP contribution in [0.15, 0.2) is 0 Å². The molecule has 0 aliphatic carbocycles. The maximum atomic E-state index is 11.9. The first kappa shape index (κ1) is 15.0. The number of amides is 1. The molecule has 0 saturated carbocycles. The second-order valence-corrected chi connectivity index (χ2v) is 6.56. The van der Waals surface area contributed by atoms with Gasteiger partial charge in [-0.15, -0.1) is 11.3 Å². The number of hydrogen-bond donors (Lipinski definition) is 2. The van der Waals surface area contributed by atoms with Gasteiger partial charge in [0.2, 0.25) is 0 Å². The van der Waals surface area contributed by atoms with Crippen molar-refractivity contribution in [3.05, 3.63) is 4.88 Å². The van der Waals surface area contributed by atoms with Gasteiger partial charge in [0.05, 0.1) is 6.10 Å². The van der Waals surface area contributed by atoms with E-state index < -0.39 is 0 Å².